The molecule has 0 radical (unpaired) electrons. The Balaban J connectivity index is 0.000000372. The second-order valence-electron chi connectivity index (χ2n) is 17.7. The predicted octanol–water partition coefficient (Wildman–Crippen LogP) is 13.3. The minimum absolute atomic E-state index is 0. The Bertz CT molecular complexity index is 2560. The molecule has 0 aliphatic heterocycles. The fourth-order valence-electron chi connectivity index (χ4n) is 6.49. The monoisotopic (exact) mass is 1010 g/mol. The average molecular weight is 1010 g/mol. The van der Waals surface area contributed by atoms with Crippen molar-refractivity contribution in [2.24, 2.45) is 5.73 Å². The van der Waals surface area contributed by atoms with Gasteiger partial charge < -0.3 is 45.4 Å². The highest BCUT2D eigenvalue weighted by Gasteiger charge is 2.25. The maximum atomic E-state index is 13.2. The van der Waals surface area contributed by atoms with Crippen LogP contribution in [0.1, 0.15) is 85.6 Å². The predicted molar refractivity (Wildman–Crippen MR) is 288 cm³/mol. The first kappa shape index (κ1) is 58.6. The first-order valence-electron chi connectivity index (χ1n) is 22.7. The number of nitrogens with two attached hydrogens (primary N) is 1. The Labute approximate surface area is 430 Å². The highest BCUT2D eigenvalue weighted by molar-refractivity contribution is 6.32. The molecular formula is C57H70Cl2N4O8. The average Bonchev–Trinajstić information content (AvgIpc) is 3.30. The molecule has 5 N–H and O–H groups in total. The molecule has 0 aliphatic rings. The van der Waals surface area contributed by atoms with Crippen LogP contribution in [0.4, 0.5) is 16.2 Å². The molecular weight excluding hydrogens is 940 g/mol. The lowest BCUT2D eigenvalue weighted by Crippen LogP contribution is -2.47. The number of carbonyl (C=O) groups excluding carboxylic acids is 3. The number of amides is 3. The van der Waals surface area contributed by atoms with Crippen LogP contribution in [0.15, 0.2) is 146 Å². The van der Waals surface area contributed by atoms with E-state index in [0.29, 0.717) is 58.3 Å². The Kier molecular flexibility index (Phi) is 23.8. The molecule has 0 heterocycles. The minimum atomic E-state index is -0.897. The van der Waals surface area contributed by atoms with Crippen LogP contribution in [0, 0.1) is 0 Å². The highest BCUT2D eigenvalue weighted by Crippen LogP contribution is 2.30. The van der Waals surface area contributed by atoms with E-state index in [1.165, 1.54) is 0 Å². The summed E-state index contributed by atoms with van der Waals surface area (Å²) in [6, 6.07) is 43.4. The third-order valence-electron chi connectivity index (χ3n) is 9.71. The zero-order chi connectivity index (χ0) is 49.9. The zero-order valence-corrected chi connectivity index (χ0v) is 41.6. The summed E-state index contributed by atoms with van der Waals surface area (Å²) >= 11 is 12.6. The van der Waals surface area contributed by atoms with Crippen molar-refractivity contribution in [1.82, 2.24) is 5.32 Å². The van der Waals surface area contributed by atoms with Crippen molar-refractivity contribution < 1.29 is 38.1 Å². The maximum Gasteiger partial charge on any atom is 0.408 e. The molecule has 380 valence electrons. The molecule has 3 amide bonds. The van der Waals surface area contributed by atoms with E-state index in [9.17, 15) is 14.4 Å². The van der Waals surface area contributed by atoms with Gasteiger partial charge in [-0.3, -0.25) is 9.59 Å². The number of carbonyl (C=O) groups is 3. The molecule has 2 unspecified atom stereocenters. The summed E-state index contributed by atoms with van der Waals surface area (Å²) < 4.78 is 28.3. The zero-order valence-electron chi connectivity index (χ0n) is 40.1. The maximum absolute atomic E-state index is 13.2. The van der Waals surface area contributed by atoms with Crippen LogP contribution in [0.3, 0.4) is 0 Å². The molecule has 6 rings (SSSR count). The van der Waals surface area contributed by atoms with Gasteiger partial charge in [0.2, 0.25) is 11.8 Å². The third kappa shape index (κ3) is 21.0. The number of alkyl carbamates (subject to hydrolysis) is 1. The van der Waals surface area contributed by atoms with Crippen molar-refractivity contribution in [3.63, 3.8) is 0 Å². The molecule has 0 aromatic heterocycles. The van der Waals surface area contributed by atoms with Crippen LogP contribution in [0.5, 0.6) is 23.0 Å². The lowest BCUT2D eigenvalue weighted by Gasteiger charge is -2.23. The number of halogens is 2. The normalized spacial score (nSPS) is 11.5. The SMILES string of the molecule is C.C.CC(C)Oc1ccc(NC(=O)C(Cc2ccc(OCc3ccccc3)cc2)NC(=O)OC(C)(C)C)cc1Cl.CC(C)Oc1ccc(NC(=O)C(N)Cc2ccc(OCc3ccccc3)cc2)cc1Cl. The lowest BCUT2D eigenvalue weighted by molar-refractivity contribution is -0.118. The van der Waals surface area contributed by atoms with E-state index in [2.05, 4.69) is 16.0 Å². The van der Waals surface area contributed by atoms with Crippen molar-refractivity contribution in [3.05, 3.63) is 178 Å². The second kappa shape index (κ2) is 28.8. The Hall–Kier alpha value is -6.73. The molecule has 14 heteroatoms. The van der Waals surface area contributed by atoms with Gasteiger partial charge in [0.25, 0.3) is 0 Å². The largest absolute Gasteiger partial charge is 0.489 e. The van der Waals surface area contributed by atoms with E-state index in [1.54, 1.807) is 57.2 Å². The van der Waals surface area contributed by atoms with E-state index < -0.39 is 29.7 Å². The van der Waals surface area contributed by atoms with Gasteiger partial charge in [0, 0.05) is 17.8 Å². The van der Waals surface area contributed by atoms with E-state index in [4.69, 9.17) is 52.6 Å². The number of benzene rings is 6. The Morgan fingerprint density at radius 1 is 0.549 bits per heavy atom. The van der Waals surface area contributed by atoms with E-state index in [1.807, 2.05) is 137 Å². The fourth-order valence-corrected chi connectivity index (χ4v) is 6.94. The minimum Gasteiger partial charge on any atom is -0.489 e. The van der Waals surface area contributed by atoms with Crippen molar-refractivity contribution >= 4 is 52.5 Å². The highest BCUT2D eigenvalue weighted by atomic mass is 35.5. The number of hydrogen-bond donors (Lipinski definition) is 4. The second-order valence-corrected chi connectivity index (χ2v) is 18.5. The topological polar surface area (TPSA) is 159 Å². The van der Waals surface area contributed by atoms with Crippen LogP contribution >= 0.6 is 23.2 Å². The van der Waals surface area contributed by atoms with Crippen molar-refractivity contribution in [1.29, 1.82) is 0 Å². The number of nitrogens with one attached hydrogen (secondary N) is 3. The molecule has 0 saturated heterocycles. The molecule has 0 bridgehead atoms. The van der Waals surface area contributed by atoms with Gasteiger partial charge in [-0.25, -0.2) is 4.79 Å². The molecule has 12 nitrogen and oxygen atoms in total. The Morgan fingerprint density at radius 3 is 1.35 bits per heavy atom. The van der Waals surface area contributed by atoms with Crippen LogP contribution < -0.4 is 40.6 Å². The summed E-state index contributed by atoms with van der Waals surface area (Å²) in [6.07, 6.45) is -0.0505. The number of rotatable bonds is 19. The number of ether oxygens (including phenoxy) is 5. The number of anilines is 2. The lowest BCUT2D eigenvalue weighted by atomic mass is 10.0. The van der Waals surface area contributed by atoms with Crippen LogP contribution in [-0.2, 0) is 40.4 Å². The molecule has 0 spiro atoms. The number of hydrogen-bond acceptors (Lipinski definition) is 9. The van der Waals surface area contributed by atoms with Crippen LogP contribution in [0.25, 0.3) is 0 Å². The molecule has 0 fully saturated rings. The summed E-state index contributed by atoms with van der Waals surface area (Å²) in [6.45, 7) is 13.9. The standard InChI is InChI=1S/C30H35ClN2O5.C25H27ClN2O3.2CH4/c1-20(2)37-27-16-13-23(18-25(27)31)32-28(34)26(33-29(35)38-30(3,4)5)17-21-11-14-24(15-12-21)36-19-22-9-7-6-8-10-22;1-17(2)31-24-13-10-20(15-22(24)26)28-25(29)23(27)14-18-8-11-21(12-9-18)30-16-19-6-4-3-5-7-19;;/h6-16,18,20,26H,17,19H2,1-5H3,(H,32,34)(H,33,35);3-13,15,17,23H,14,16,27H2,1-2H3,(H,28,29);2*1H4. The van der Waals surface area contributed by atoms with Crippen LogP contribution in [-0.4, -0.2) is 47.8 Å². The summed E-state index contributed by atoms with van der Waals surface area (Å²) in [4.78, 5) is 38.2. The van der Waals surface area contributed by atoms with Gasteiger partial charge in [0.1, 0.15) is 47.9 Å². The van der Waals surface area contributed by atoms with E-state index in [-0.39, 0.29) is 39.4 Å². The molecule has 0 saturated carbocycles. The summed E-state index contributed by atoms with van der Waals surface area (Å²) in [7, 11) is 0. The Morgan fingerprint density at radius 2 is 0.958 bits per heavy atom. The molecule has 6 aromatic rings. The van der Waals surface area contributed by atoms with Gasteiger partial charge in [-0.15, -0.1) is 0 Å². The molecule has 0 aliphatic carbocycles. The van der Waals surface area contributed by atoms with Gasteiger partial charge in [0.05, 0.1) is 28.3 Å². The third-order valence-corrected chi connectivity index (χ3v) is 10.3. The van der Waals surface area contributed by atoms with Gasteiger partial charge in [0.15, 0.2) is 0 Å². The van der Waals surface area contributed by atoms with Crippen molar-refractivity contribution in [2.75, 3.05) is 10.6 Å². The summed E-state index contributed by atoms with van der Waals surface area (Å²) in [5.74, 6) is 1.89. The van der Waals surface area contributed by atoms with Gasteiger partial charge >= 0.3 is 6.09 Å². The van der Waals surface area contributed by atoms with Crippen LogP contribution in [0.2, 0.25) is 10.0 Å². The smallest absolute Gasteiger partial charge is 0.408 e. The van der Waals surface area contributed by atoms with Gasteiger partial charge in [-0.1, -0.05) is 123 Å². The van der Waals surface area contributed by atoms with Gasteiger partial charge in [-0.2, -0.15) is 0 Å². The van der Waals surface area contributed by atoms with Gasteiger partial charge in [-0.05, 0) is 138 Å². The van der Waals surface area contributed by atoms with Crippen molar-refractivity contribution in [2.45, 2.75) is 119 Å². The summed E-state index contributed by atoms with van der Waals surface area (Å²) in [5.41, 5.74) is 10.4. The van der Waals surface area contributed by atoms with Crippen molar-refractivity contribution in [3.8, 4) is 23.0 Å². The molecule has 71 heavy (non-hydrogen) atoms. The first-order chi connectivity index (χ1) is 32.9. The molecule has 2 atom stereocenters. The quantitative estimate of drug-likeness (QED) is 0.0619. The molecule has 6 aromatic carbocycles. The van der Waals surface area contributed by atoms with E-state index >= 15 is 0 Å². The summed E-state index contributed by atoms with van der Waals surface area (Å²) in [5, 5.41) is 9.14. The first-order valence-corrected chi connectivity index (χ1v) is 23.4. The fraction of sp³-hybridized carbons (Fsp3) is 0.316. The van der Waals surface area contributed by atoms with E-state index in [0.717, 1.165) is 28.0 Å².